The Bertz CT molecular complexity index is 1040. The Kier molecular flexibility index (Phi) is 6.30. The van der Waals surface area contributed by atoms with Crippen molar-refractivity contribution in [3.05, 3.63) is 96.6 Å². The fourth-order valence-electron chi connectivity index (χ4n) is 3.06. The van der Waals surface area contributed by atoms with E-state index in [9.17, 15) is 4.79 Å². The summed E-state index contributed by atoms with van der Waals surface area (Å²) in [5.74, 6) is 0.658. The van der Waals surface area contributed by atoms with E-state index in [4.69, 9.17) is 9.40 Å². The van der Waals surface area contributed by atoms with Gasteiger partial charge in [0.05, 0.1) is 5.25 Å². The Labute approximate surface area is 180 Å². The van der Waals surface area contributed by atoms with E-state index < -0.39 is 0 Å². The zero-order valence-electron chi connectivity index (χ0n) is 16.6. The molecule has 150 valence electrons. The molecule has 1 aromatic heterocycles. The molecule has 0 unspecified atom stereocenters. The molecule has 3 aromatic carbocycles. The molecule has 1 N–H and O–H groups in total. The second-order valence-corrected chi connectivity index (χ2v) is 8.15. The molecule has 4 rings (SSSR count). The first-order valence-electron chi connectivity index (χ1n) is 9.80. The van der Waals surface area contributed by atoms with Crippen molar-refractivity contribution in [1.29, 1.82) is 0 Å². The second kappa shape index (κ2) is 9.46. The molecule has 4 nitrogen and oxygen atoms in total. The van der Waals surface area contributed by atoms with Crippen molar-refractivity contribution in [2.75, 3.05) is 0 Å². The lowest BCUT2D eigenvalue weighted by Crippen LogP contribution is -2.30. The highest BCUT2D eigenvalue weighted by Crippen LogP contribution is 2.36. The molecule has 0 saturated carbocycles. The Morgan fingerprint density at radius 3 is 2.10 bits per heavy atom. The summed E-state index contributed by atoms with van der Waals surface area (Å²) in [6.07, 6.45) is 0. The molecule has 4 aromatic rings. The third kappa shape index (κ3) is 4.81. The lowest BCUT2D eigenvalue weighted by molar-refractivity contribution is -0.120. The average Bonchev–Trinajstić information content (AvgIpc) is 3.23. The van der Waals surface area contributed by atoms with E-state index in [2.05, 4.69) is 5.32 Å². The van der Waals surface area contributed by atoms with Crippen molar-refractivity contribution in [2.45, 2.75) is 23.9 Å². The van der Waals surface area contributed by atoms with Gasteiger partial charge in [0.2, 0.25) is 5.91 Å². The Morgan fingerprint density at radius 2 is 1.47 bits per heavy atom. The van der Waals surface area contributed by atoms with Crippen LogP contribution in [0.25, 0.3) is 22.6 Å². The largest absolute Gasteiger partial charge is 0.431 e. The maximum Gasteiger partial charge on any atom is 0.257 e. The van der Waals surface area contributed by atoms with Crippen molar-refractivity contribution in [3.8, 4) is 22.6 Å². The van der Waals surface area contributed by atoms with Gasteiger partial charge in [-0.05, 0) is 12.5 Å². The number of nitrogens with one attached hydrogen (secondary N) is 1. The van der Waals surface area contributed by atoms with Crippen molar-refractivity contribution in [2.24, 2.45) is 0 Å². The molecular weight excluding hydrogens is 392 g/mol. The third-order valence-corrected chi connectivity index (χ3v) is 5.59. The van der Waals surface area contributed by atoms with Gasteiger partial charge in [0, 0.05) is 17.7 Å². The number of hydrogen-bond donors (Lipinski definition) is 1. The Morgan fingerprint density at radius 1 is 0.900 bits per heavy atom. The zero-order valence-corrected chi connectivity index (χ0v) is 17.4. The summed E-state index contributed by atoms with van der Waals surface area (Å²) in [4.78, 5) is 17.3. The standard InChI is InChI=1S/C25H22N2O2S/c1-18(24(28)26-17-19-11-5-2-6-12-19)30-25-27-22(20-13-7-3-8-14-20)23(29-25)21-15-9-4-10-16-21/h2-16,18H,17H2,1H3,(H,26,28)/t18-/m1/s1. The van der Waals surface area contributed by atoms with Gasteiger partial charge in [0.15, 0.2) is 5.76 Å². The van der Waals surface area contributed by atoms with Crippen LogP contribution in [0.1, 0.15) is 12.5 Å². The molecule has 1 heterocycles. The van der Waals surface area contributed by atoms with Crippen molar-refractivity contribution in [3.63, 3.8) is 0 Å². The van der Waals surface area contributed by atoms with Crippen LogP contribution in [0.3, 0.4) is 0 Å². The average molecular weight is 415 g/mol. The summed E-state index contributed by atoms with van der Waals surface area (Å²) in [5.41, 5.74) is 3.78. The highest BCUT2D eigenvalue weighted by molar-refractivity contribution is 8.00. The van der Waals surface area contributed by atoms with Crippen LogP contribution in [0.15, 0.2) is 101 Å². The fourth-order valence-corrected chi connectivity index (χ4v) is 3.83. The molecule has 0 saturated heterocycles. The minimum absolute atomic E-state index is 0.0513. The van der Waals surface area contributed by atoms with Gasteiger partial charge in [-0.1, -0.05) is 103 Å². The van der Waals surface area contributed by atoms with Crippen molar-refractivity contribution >= 4 is 17.7 Å². The number of carbonyl (C=O) groups excluding carboxylic acids is 1. The molecule has 1 atom stereocenters. The molecule has 0 spiro atoms. The molecule has 0 aliphatic carbocycles. The minimum Gasteiger partial charge on any atom is -0.431 e. The van der Waals surface area contributed by atoms with Gasteiger partial charge >= 0.3 is 0 Å². The highest BCUT2D eigenvalue weighted by atomic mass is 32.2. The van der Waals surface area contributed by atoms with Gasteiger partial charge in [-0.25, -0.2) is 4.98 Å². The van der Waals surface area contributed by atoms with Gasteiger partial charge in [-0.15, -0.1) is 0 Å². The van der Waals surface area contributed by atoms with Crippen LogP contribution in [-0.2, 0) is 11.3 Å². The van der Waals surface area contributed by atoms with Gasteiger partial charge in [-0.3, -0.25) is 4.79 Å². The number of nitrogens with zero attached hydrogens (tertiary/aromatic N) is 1. The monoisotopic (exact) mass is 414 g/mol. The van der Waals surface area contributed by atoms with E-state index in [0.717, 1.165) is 22.4 Å². The molecule has 0 radical (unpaired) electrons. The van der Waals surface area contributed by atoms with Crippen molar-refractivity contribution < 1.29 is 9.21 Å². The van der Waals surface area contributed by atoms with Crippen LogP contribution in [0.4, 0.5) is 0 Å². The maximum atomic E-state index is 12.6. The first kappa shape index (κ1) is 20.0. The molecular formula is C25H22N2O2S. The van der Waals surface area contributed by atoms with Gasteiger partial charge in [-0.2, -0.15) is 0 Å². The summed E-state index contributed by atoms with van der Waals surface area (Å²) in [6.45, 7) is 2.36. The summed E-state index contributed by atoms with van der Waals surface area (Å²) < 4.78 is 6.11. The van der Waals surface area contributed by atoms with Crippen LogP contribution in [0.2, 0.25) is 0 Å². The number of hydrogen-bond acceptors (Lipinski definition) is 4. The SMILES string of the molecule is C[C@@H](Sc1nc(-c2ccccc2)c(-c2ccccc2)o1)C(=O)NCc1ccccc1. The maximum absolute atomic E-state index is 12.6. The van der Waals surface area contributed by atoms with E-state index in [1.807, 2.05) is 97.9 Å². The molecule has 1 amide bonds. The Balaban J connectivity index is 1.52. The van der Waals surface area contributed by atoms with E-state index in [1.54, 1.807) is 0 Å². The van der Waals surface area contributed by atoms with Crippen molar-refractivity contribution in [1.82, 2.24) is 10.3 Å². The van der Waals surface area contributed by atoms with Crippen LogP contribution in [-0.4, -0.2) is 16.1 Å². The number of amides is 1. The number of oxazole rings is 1. The topological polar surface area (TPSA) is 55.1 Å². The highest BCUT2D eigenvalue weighted by Gasteiger charge is 2.21. The smallest absolute Gasteiger partial charge is 0.257 e. The number of aromatic nitrogens is 1. The molecule has 0 aliphatic rings. The summed E-state index contributed by atoms with van der Waals surface area (Å²) >= 11 is 1.32. The Hall–Kier alpha value is -3.31. The first-order chi connectivity index (χ1) is 14.7. The van der Waals surface area contributed by atoms with Crippen LogP contribution in [0.5, 0.6) is 0 Å². The number of carbonyl (C=O) groups is 1. The lowest BCUT2D eigenvalue weighted by Gasteiger charge is -2.10. The summed E-state index contributed by atoms with van der Waals surface area (Å²) in [5, 5.41) is 3.12. The van der Waals surface area contributed by atoms with Crippen LogP contribution >= 0.6 is 11.8 Å². The first-order valence-corrected chi connectivity index (χ1v) is 10.7. The third-order valence-electron chi connectivity index (χ3n) is 4.65. The number of thioether (sulfide) groups is 1. The lowest BCUT2D eigenvalue weighted by atomic mass is 10.1. The fraction of sp³-hybridized carbons (Fsp3) is 0.120. The predicted molar refractivity (Wildman–Crippen MR) is 121 cm³/mol. The number of benzene rings is 3. The summed E-state index contributed by atoms with van der Waals surface area (Å²) in [6, 6.07) is 29.7. The molecule has 0 bridgehead atoms. The molecule has 5 heteroatoms. The van der Waals surface area contributed by atoms with E-state index in [-0.39, 0.29) is 11.2 Å². The van der Waals surface area contributed by atoms with Gasteiger partial charge in [0.25, 0.3) is 5.22 Å². The molecule has 0 fully saturated rings. The molecule has 0 aliphatic heterocycles. The second-order valence-electron chi connectivity index (χ2n) is 6.85. The van der Waals surface area contributed by atoms with Crippen LogP contribution < -0.4 is 5.32 Å². The van der Waals surface area contributed by atoms with E-state index in [0.29, 0.717) is 17.5 Å². The minimum atomic E-state index is -0.334. The van der Waals surface area contributed by atoms with Gasteiger partial charge < -0.3 is 9.73 Å². The van der Waals surface area contributed by atoms with E-state index in [1.165, 1.54) is 11.8 Å². The van der Waals surface area contributed by atoms with Gasteiger partial charge in [0.1, 0.15) is 5.69 Å². The zero-order chi connectivity index (χ0) is 20.8. The predicted octanol–water partition coefficient (Wildman–Crippen LogP) is 5.81. The summed E-state index contributed by atoms with van der Waals surface area (Å²) in [7, 11) is 0. The number of rotatable bonds is 7. The molecule has 30 heavy (non-hydrogen) atoms. The van der Waals surface area contributed by atoms with Crippen LogP contribution in [0, 0.1) is 0 Å². The van der Waals surface area contributed by atoms with E-state index >= 15 is 0 Å². The normalized spacial score (nSPS) is 11.8. The quantitative estimate of drug-likeness (QED) is 0.388.